The molecule has 1 saturated heterocycles. The second-order valence-electron chi connectivity index (χ2n) is 6.40. The maximum absolute atomic E-state index is 13.3. The zero-order chi connectivity index (χ0) is 19.2. The Morgan fingerprint density at radius 3 is 2.48 bits per heavy atom. The van der Waals surface area contributed by atoms with Gasteiger partial charge in [-0.05, 0) is 42.3 Å². The monoisotopic (exact) mass is 391 g/mol. The molecule has 0 atom stereocenters. The Balaban J connectivity index is 1.43. The lowest BCUT2D eigenvalue weighted by Gasteiger charge is -2.36. The number of urea groups is 1. The van der Waals surface area contributed by atoms with Crippen LogP contribution >= 0.6 is 11.6 Å². The molecule has 7 heteroatoms. The summed E-state index contributed by atoms with van der Waals surface area (Å²) in [5.41, 5.74) is 2.02. The average molecular weight is 392 g/mol. The summed E-state index contributed by atoms with van der Waals surface area (Å²) in [5, 5.41) is 3.08. The summed E-state index contributed by atoms with van der Waals surface area (Å²) in [6, 6.07) is 12.5. The number of anilines is 1. The van der Waals surface area contributed by atoms with Crippen LogP contribution in [-0.4, -0.2) is 50.8 Å². The molecule has 144 valence electrons. The fourth-order valence-corrected chi connectivity index (χ4v) is 3.24. The highest BCUT2D eigenvalue weighted by Gasteiger charge is 2.21. The standard InChI is InChI=1S/C20H23ClFN3O2/c1-27-17-5-2-15(3-6-17)8-9-23-20(26)25-12-10-24(11-13-25)16-4-7-19(22)18(21)14-16/h2-7,14H,8-13H2,1H3,(H,23,26). The van der Waals surface area contributed by atoms with Crippen LogP contribution in [-0.2, 0) is 6.42 Å². The molecule has 1 N–H and O–H groups in total. The van der Waals surface area contributed by atoms with Crippen LogP contribution in [0.2, 0.25) is 5.02 Å². The molecule has 27 heavy (non-hydrogen) atoms. The second kappa shape index (κ2) is 8.95. The van der Waals surface area contributed by atoms with Crippen molar-refractivity contribution in [2.45, 2.75) is 6.42 Å². The minimum atomic E-state index is -0.421. The summed E-state index contributed by atoms with van der Waals surface area (Å²) < 4.78 is 18.4. The highest BCUT2D eigenvalue weighted by Crippen LogP contribution is 2.23. The number of carbonyl (C=O) groups is 1. The van der Waals surface area contributed by atoms with E-state index in [9.17, 15) is 9.18 Å². The summed E-state index contributed by atoms with van der Waals surface area (Å²) in [4.78, 5) is 16.2. The van der Waals surface area contributed by atoms with E-state index < -0.39 is 5.82 Å². The first-order valence-corrected chi connectivity index (χ1v) is 9.30. The molecule has 1 aliphatic heterocycles. The van der Waals surface area contributed by atoms with Gasteiger partial charge in [0.05, 0.1) is 12.1 Å². The Hall–Kier alpha value is -2.47. The van der Waals surface area contributed by atoms with Crippen molar-refractivity contribution < 1.29 is 13.9 Å². The molecule has 3 rings (SSSR count). The Labute approximate surface area is 163 Å². The smallest absolute Gasteiger partial charge is 0.317 e. The number of halogens is 2. The second-order valence-corrected chi connectivity index (χ2v) is 6.81. The van der Waals surface area contributed by atoms with E-state index in [-0.39, 0.29) is 11.1 Å². The van der Waals surface area contributed by atoms with Crippen LogP contribution in [0.3, 0.4) is 0 Å². The maximum Gasteiger partial charge on any atom is 0.317 e. The van der Waals surface area contributed by atoms with Gasteiger partial charge in [0.25, 0.3) is 0 Å². The summed E-state index contributed by atoms with van der Waals surface area (Å²) in [7, 11) is 1.64. The number of carbonyl (C=O) groups excluding carboxylic acids is 1. The molecule has 0 aliphatic carbocycles. The van der Waals surface area contributed by atoms with E-state index in [1.807, 2.05) is 24.3 Å². The Morgan fingerprint density at radius 2 is 1.85 bits per heavy atom. The van der Waals surface area contributed by atoms with Crippen LogP contribution in [0.4, 0.5) is 14.9 Å². The van der Waals surface area contributed by atoms with Crippen LogP contribution in [0.15, 0.2) is 42.5 Å². The number of nitrogens with zero attached hydrogens (tertiary/aromatic N) is 2. The molecule has 0 spiro atoms. The zero-order valence-corrected chi connectivity index (χ0v) is 16.0. The predicted molar refractivity (Wildman–Crippen MR) is 105 cm³/mol. The maximum atomic E-state index is 13.3. The molecular formula is C20H23ClFN3O2. The molecule has 1 aliphatic rings. The van der Waals surface area contributed by atoms with Gasteiger partial charge in [-0.25, -0.2) is 9.18 Å². The number of hydrogen-bond acceptors (Lipinski definition) is 3. The van der Waals surface area contributed by atoms with Gasteiger partial charge in [0.1, 0.15) is 11.6 Å². The van der Waals surface area contributed by atoms with E-state index >= 15 is 0 Å². The van der Waals surface area contributed by atoms with Gasteiger partial charge >= 0.3 is 6.03 Å². The molecule has 2 amide bonds. The Morgan fingerprint density at radius 1 is 1.15 bits per heavy atom. The minimum absolute atomic E-state index is 0.0553. The van der Waals surface area contributed by atoms with Gasteiger partial charge in [-0.2, -0.15) is 0 Å². The fraction of sp³-hybridized carbons (Fsp3) is 0.350. The molecule has 0 unspecified atom stereocenters. The molecule has 0 radical (unpaired) electrons. The SMILES string of the molecule is COc1ccc(CCNC(=O)N2CCN(c3ccc(F)c(Cl)c3)CC2)cc1. The molecular weight excluding hydrogens is 369 g/mol. The number of amides is 2. The van der Waals surface area contributed by atoms with Crippen molar-refractivity contribution in [1.82, 2.24) is 10.2 Å². The number of piperazine rings is 1. The Kier molecular flexibility index (Phi) is 6.40. The number of nitrogens with one attached hydrogen (secondary N) is 1. The van der Waals surface area contributed by atoms with Crippen molar-refractivity contribution in [3.05, 3.63) is 58.9 Å². The van der Waals surface area contributed by atoms with Crippen molar-refractivity contribution in [1.29, 1.82) is 0 Å². The van der Waals surface area contributed by atoms with Crippen LogP contribution in [0, 0.1) is 5.82 Å². The molecule has 2 aromatic rings. The van der Waals surface area contributed by atoms with Crippen molar-refractivity contribution in [2.24, 2.45) is 0 Å². The number of ether oxygens (including phenoxy) is 1. The molecule has 1 fully saturated rings. The van der Waals surface area contributed by atoms with Crippen LogP contribution < -0.4 is 15.0 Å². The molecule has 1 heterocycles. The van der Waals surface area contributed by atoms with E-state index in [2.05, 4.69) is 10.2 Å². The van der Waals surface area contributed by atoms with Gasteiger partial charge in [-0.3, -0.25) is 0 Å². The third-order valence-corrected chi connectivity index (χ3v) is 4.97. The van der Waals surface area contributed by atoms with Gasteiger partial charge in [0, 0.05) is 38.4 Å². The largest absolute Gasteiger partial charge is 0.497 e. The van der Waals surface area contributed by atoms with E-state index in [4.69, 9.17) is 16.3 Å². The summed E-state index contributed by atoms with van der Waals surface area (Å²) in [6.45, 7) is 3.19. The first kappa shape index (κ1) is 19.3. The minimum Gasteiger partial charge on any atom is -0.497 e. The highest BCUT2D eigenvalue weighted by molar-refractivity contribution is 6.31. The lowest BCUT2D eigenvalue weighted by molar-refractivity contribution is 0.194. The molecule has 2 aromatic carbocycles. The van der Waals surface area contributed by atoms with Crippen molar-refractivity contribution in [2.75, 3.05) is 44.7 Å². The summed E-state index contributed by atoms with van der Waals surface area (Å²) in [6.07, 6.45) is 0.768. The van der Waals surface area contributed by atoms with E-state index in [1.54, 1.807) is 24.1 Å². The average Bonchev–Trinajstić information content (AvgIpc) is 2.70. The lowest BCUT2D eigenvalue weighted by Crippen LogP contribution is -2.52. The topological polar surface area (TPSA) is 44.8 Å². The normalized spacial score (nSPS) is 14.2. The predicted octanol–water partition coefficient (Wildman–Crippen LogP) is 3.56. The van der Waals surface area contributed by atoms with Crippen molar-refractivity contribution >= 4 is 23.3 Å². The molecule has 0 bridgehead atoms. The number of hydrogen-bond donors (Lipinski definition) is 1. The Bertz CT molecular complexity index is 777. The van der Waals surface area contributed by atoms with Crippen LogP contribution in [0.25, 0.3) is 0 Å². The van der Waals surface area contributed by atoms with Crippen LogP contribution in [0.5, 0.6) is 5.75 Å². The summed E-state index contributed by atoms with van der Waals surface area (Å²) >= 11 is 5.85. The van der Waals surface area contributed by atoms with Crippen molar-refractivity contribution in [3.8, 4) is 5.75 Å². The van der Waals surface area contributed by atoms with Gasteiger partial charge in [-0.15, -0.1) is 0 Å². The lowest BCUT2D eigenvalue weighted by atomic mass is 10.1. The molecule has 5 nitrogen and oxygen atoms in total. The van der Waals surface area contributed by atoms with Gasteiger partial charge in [-0.1, -0.05) is 23.7 Å². The van der Waals surface area contributed by atoms with Gasteiger partial charge in [0.2, 0.25) is 0 Å². The van der Waals surface area contributed by atoms with E-state index in [1.165, 1.54) is 6.07 Å². The first-order valence-electron chi connectivity index (χ1n) is 8.92. The third kappa shape index (κ3) is 5.04. The van der Waals surface area contributed by atoms with E-state index in [0.29, 0.717) is 32.7 Å². The number of rotatable bonds is 5. The van der Waals surface area contributed by atoms with E-state index in [0.717, 1.165) is 23.4 Å². The first-order chi connectivity index (χ1) is 13.1. The fourth-order valence-electron chi connectivity index (χ4n) is 3.07. The van der Waals surface area contributed by atoms with Gasteiger partial charge in [0.15, 0.2) is 0 Å². The van der Waals surface area contributed by atoms with Crippen LogP contribution in [0.1, 0.15) is 5.56 Å². The number of methoxy groups -OCH3 is 1. The highest BCUT2D eigenvalue weighted by atomic mass is 35.5. The quantitative estimate of drug-likeness (QED) is 0.847. The summed E-state index contributed by atoms with van der Waals surface area (Å²) in [5.74, 6) is 0.401. The third-order valence-electron chi connectivity index (χ3n) is 4.68. The number of benzene rings is 2. The molecule has 0 aromatic heterocycles. The molecule has 0 saturated carbocycles. The van der Waals surface area contributed by atoms with Crippen molar-refractivity contribution in [3.63, 3.8) is 0 Å². The van der Waals surface area contributed by atoms with Gasteiger partial charge < -0.3 is 19.9 Å². The zero-order valence-electron chi connectivity index (χ0n) is 15.3.